The summed E-state index contributed by atoms with van der Waals surface area (Å²) in [4.78, 5) is 35.4. The topological polar surface area (TPSA) is 90.9 Å². The third kappa shape index (κ3) is 8.92. The van der Waals surface area contributed by atoms with Gasteiger partial charge in [0.05, 0.1) is 5.92 Å². The fraction of sp³-hybridized carbons (Fsp3) is 0.400. The van der Waals surface area contributed by atoms with Crippen LogP contribution < -0.4 is 5.32 Å². The molecule has 0 fully saturated rings. The summed E-state index contributed by atoms with van der Waals surface area (Å²) in [5.41, 5.74) is 1.60. The molecule has 7 nitrogen and oxygen atoms in total. The molecule has 1 N–H and O–H groups in total. The van der Waals surface area contributed by atoms with Gasteiger partial charge >= 0.3 is 18.0 Å². The molecule has 1 amide bonds. The molecule has 0 heterocycles. The fourth-order valence-electron chi connectivity index (χ4n) is 3.01. The van der Waals surface area contributed by atoms with Crippen LogP contribution in [0.3, 0.4) is 0 Å². The van der Waals surface area contributed by atoms with E-state index in [-0.39, 0.29) is 13.2 Å². The number of hydrogen-bond acceptors (Lipinski definition) is 6. The van der Waals surface area contributed by atoms with Gasteiger partial charge < -0.3 is 14.2 Å². The Hall–Kier alpha value is -3.42. The molecule has 0 radical (unpaired) electrons. The smallest absolute Gasteiger partial charge is 0.412 e. The van der Waals surface area contributed by atoms with Crippen LogP contribution in [0.2, 0.25) is 0 Å². The number of amides is 1. The van der Waals surface area contributed by atoms with E-state index in [0.717, 1.165) is 12.0 Å². The van der Waals surface area contributed by atoms with E-state index >= 15 is 0 Å². The maximum atomic E-state index is 14.5. The fourth-order valence-corrected chi connectivity index (χ4v) is 3.01. The molecule has 2 aromatic rings. The Bertz CT molecular complexity index is 932. The van der Waals surface area contributed by atoms with E-state index in [2.05, 4.69) is 19.2 Å². The molecule has 1 atom stereocenters. The molecule has 2 rings (SSSR count). The Labute approximate surface area is 193 Å². The molecule has 178 valence electrons. The lowest BCUT2D eigenvalue weighted by molar-refractivity contribution is -0.153. The van der Waals surface area contributed by atoms with E-state index in [4.69, 9.17) is 14.2 Å². The largest absolute Gasteiger partial charge is 0.444 e. The Morgan fingerprint density at radius 3 is 2.36 bits per heavy atom. The highest BCUT2D eigenvalue weighted by Crippen LogP contribution is 2.26. The summed E-state index contributed by atoms with van der Waals surface area (Å²) in [6, 6.07) is 13.6. The summed E-state index contributed by atoms with van der Waals surface area (Å²) >= 11 is 0. The Morgan fingerprint density at radius 1 is 0.970 bits per heavy atom. The Kier molecular flexibility index (Phi) is 10.3. The van der Waals surface area contributed by atoms with Gasteiger partial charge in [0.15, 0.2) is 6.73 Å². The minimum atomic E-state index is -0.899. The number of carbonyl (C=O) groups is 3. The first kappa shape index (κ1) is 25.8. The Morgan fingerprint density at radius 2 is 1.70 bits per heavy atom. The van der Waals surface area contributed by atoms with E-state index in [9.17, 15) is 18.8 Å². The summed E-state index contributed by atoms with van der Waals surface area (Å²) in [6.07, 6.45) is 1.01. The quantitative estimate of drug-likeness (QED) is 0.369. The lowest BCUT2D eigenvalue weighted by atomic mass is 9.97. The van der Waals surface area contributed by atoms with Crippen molar-refractivity contribution in [3.8, 4) is 11.1 Å². The standard InChI is InChI=1S/C25H30FNO6/c1-17(2)8-7-11-23(28)31-15-27-25(30)33-16-32-24(29)18(3)20-12-13-21(22(26)14-20)19-9-5-4-6-10-19/h4-6,9-10,12-14,17-18H,7-8,11,15-16H2,1-3H3,(H,27,30). The maximum Gasteiger partial charge on any atom is 0.412 e. The predicted molar refractivity (Wildman–Crippen MR) is 120 cm³/mol. The average molecular weight is 460 g/mol. The van der Waals surface area contributed by atoms with Crippen molar-refractivity contribution in [1.29, 1.82) is 0 Å². The van der Waals surface area contributed by atoms with Crippen molar-refractivity contribution in [2.75, 3.05) is 13.5 Å². The normalized spacial score (nSPS) is 11.5. The van der Waals surface area contributed by atoms with Gasteiger partial charge in [-0.1, -0.05) is 62.7 Å². The molecular formula is C25H30FNO6. The summed E-state index contributed by atoms with van der Waals surface area (Å²) < 4.78 is 29.1. The molecule has 0 bridgehead atoms. The molecule has 8 heteroatoms. The number of carbonyl (C=O) groups excluding carboxylic acids is 3. The van der Waals surface area contributed by atoms with Crippen LogP contribution in [-0.2, 0) is 23.8 Å². The zero-order valence-corrected chi connectivity index (χ0v) is 19.1. The number of rotatable bonds is 11. The van der Waals surface area contributed by atoms with Gasteiger partial charge in [0, 0.05) is 12.0 Å². The van der Waals surface area contributed by atoms with Gasteiger partial charge in [-0.2, -0.15) is 0 Å². The van der Waals surface area contributed by atoms with Crippen molar-refractivity contribution in [2.24, 2.45) is 5.92 Å². The molecule has 0 spiro atoms. The minimum Gasteiger partial charge on any atom is -0.444 e. The van der Waals surface area contributed by atoms with E-state index in [1.165, 1.54) is 6.07 Å². The van der Waals surface area contributed by atoms with Crippen LogP contribution in [0.25, 0.3) is 11.1 Å². The summed E-state index contributed by atoms with van der Waals surface area (Å²) in [7, 11) is 0. The van der Waals surface area contributed by atoms with Gasteiger partial charge in [-0.05, 0) is 36.5 Å². The highest BCUT2D eigenvalue weighted by atomic mass is 19.1. The summed E-state index contributed by atoms with van der Waals surface area (Å²) in [6.45, 7) is 4.74. The number of benzene rings is 2. The number of nitrogens with one attached hydrogen (secondary N) is 1. The second kappa shape index (κ2) is 13.2. The number of hydrogen-bond donors (Lipinski definition) is 1. The maximum absolute atomic E-state index is 14.5. The Balaban J connectivity index is 1.71. The minimum absolute atomic E-state index is 0.275. The first-order valence-electron chi connectivity index (χ1n) is 10.9. The van der Waals surface area contributed by atoms with Gasteiger partial charge in [-0.3, -0.25) is 14.9 Å². The van der Waals surface area contributed by atoms with Gasteiger partial charge in [0.2, 0.25) is 6.79 Å². The van der Waals surface area contributed by atoms with Crippen LogP contribution in [0.5, 0.6) is 0 Å². The van der Waals surface area contributed by atoms with Crippen LogP contribution in [0.4, 0.5) is 9.18 Å². The lowest BCUT2D eigenvalue weighted by Crippen LogP contribution is -2.29. The molecule has 2 aromatic carbocycles. The molecule has 0 aromatic heterocycles. The van der Waals surface area contributed by atoms with Crippen molar-refractivity contribution < 1.29 is 33.0 Å². The second-order valence-electron chi connectivity index (χ2n) is 7.96. The average Bonchev–Trinajstić information content (AvgIpc) is 2.78. The van der Waals surface area contributed by atoms with Gasteiger partial charge in [-0.25, -0.2) is 9.18 Å². The molecular weight excluding hydrogens is 429 g/mol. The van der Waals surface area contributed by atoms with Crippen LogP contribution in [0.15, 0.2) is 48.5 Å². The summed E-state index contributed by atoms with van der Waals surface area (Å²) in [5.74, 6) is -1.80. The van der Waals surface area contributed by atoms with Gasteiger partial charge in [-0.15, -0.1) is 0 Å². The van der Waals surface area contributed by atoms with Crippen molar-refractivity contribution >= 4 is 18.0 Å². The third-order valence-corrected chi connectivity index (χ3v) is 4.93. The van der Waals surface area contributed by atoms with Crippen LogP contribution in [0.1, 0.15) is 51.5 Å². The molecule has 33 heavy (non-hydrogen) atoms. The van der Waals surface area contributed by atoms with Crippen molar-refractivity contribution in [3.05, 3.63) is 59.9 Å². The van der Waals surface area contributed by atoms with Gasteiger partial charge in [0.25, 0.3) is 0 Å². The highest BCUT2D eigenvalue weighted by molar-refractivity contribution is 5.78. The van der Waals surface area contributed by atoms with E-state index in [1.54, 1.807) is 31.2 Å². The molecule has 0 saturated carbocycles. The van der Waals surface area contributed by atoms with Crippen LogP contribution >= 0.6 is 0 Å². The number of ether oxygens (including phenoxy) is 3. The molecule has 0 aliphatic rings. The lowest BCUT2D eigenvalue weighted by Gasteiger charge is -2.13. The van der Waals surface area contributed by atoms with Crippen molar-refractivity contribution in [3.63, 3.8) is 0 Å². The molecule has 1 unspecified atom stereocenters. The third-order valence-electron chi connectivity index (χ3n) is 4.93. The van der Waals surface area contributed by atoms with Crippen LogP contribution in [-0.4, -0.2) is 31.6 Å². The van der Waals surface area contributed by atoms with Crippen LogP contribution in [0, 0.1) is 11.7 Å². The molecule has 0 saturated heterocycles. The molecule has 0 aliphatic carbocycles. The monoisotopic (exact) mass is 459 g/mol. The number of alkyl carbamates (subject to hydrolysis) is 1. The number of esters is 2. The van der Waals surface area contributed by atoms with E-state index < -0.39 is 36.6 Å². The zero-order chi connectivity index (χ0) is 24.2. The number of halogens is 1. The first-order valence-corrected chi connectivity index (χ1v) is 10.9. The predicted octanol–water partition coefficient (Wildman–Crippen LogP) is 5.15. The molecule has 0 aliphatic heterocycles. The zero-order valence-electron chi connectivity index (χ0n) is 19.1. The summed E-state index contributed by atoms with van der Waals surface area (Å²) in [5, 5.41) is 2.23. The van der Waals surface area contributed by atoms with E-state index in [1.807, 2.05) is 18.2 Å². The van der Waals surface area contributed by atoms with Crippen molar-refractivity contribution in [1.82, 2.24) is 5.32 Å². The van der Waals surface area contributed by atoms with Crippen molar-refractivity contribution in [2.45, 2.75) is 46.0 Å². The highest BCUT2D eigenvalue weighted by Gasteiger charge is 2.19. The van der Waals surface area contributed by atoms with E-state index in [0.29, 0.717) is 23.5 Å². The van der Waals surface area contributed by atoms with Gasteiger partial charge in [0.1, 0.15) is 5.82 Å². The first-order chi connectivity index (χ1) is 15.8. The second-order valence-corrected chi connectivity index (χ2v) is 7.96. The SMILES string of the molecule is CC(C)CCCC(=O)OCNC(=O)OCOC(=O)C(C)c1ccc(-c2ccccc2)c(F)c1.